The number of ether oxygens (including phenoxy) is 1. The molecule has 1 N–H and O–H groups in total. The first-order valence-electron chi connectivity index (χ1n) is 3.98. The van der Waals surface area contributed by atoms with Crippen LogP contribution in [0.1, 0.15) is 11.3 Å². The Morgan fingerprint density at radius 2 is 2.12 bits per heavy atom. The first kappa shape index (κ1) is 13.8. The van der Waals surface area contributed by atoms with Gasteiger partial charge in [0, 0.05) is 5.56 Å². The summed E-state index contributed by atoms with van der Waals surface area (Å²) < 4.78 is 40.0. The van der Waals surface area contributed by atoms with Crippen LogP contribution in [0.4, 0.5) is 13.2 Å². The molecule has 0 fully saturated rings. The van der Waals surface area contributed by atoms with E-state index < -0.39 is 18.7 Å². The van der Waals surface area contributed by atoms with E-state index in [1.165, 1.54) is 6.07 Å². The number of aromatic nitrogens is 1. The van der Waals surface area contributed by atoms with E-state index in [1.807, 2.05) is 0 Å². The normalized spacial score (nSPS) is 11.6. The van der Waals surface area contributed by atoms with Gasteiger partial charge < -0.3 is 9.84 Å². The van der Waals surface area contributed by atoms with E-state index >= 15 is 0 Å². The highest BCUT2D eigenvalue weighted by molar-refractivity contribution is 14.1. The summed E-state index contributed by atoms with van der Waals surface area (Å²) in [7, 11) is 0. The van der Waals surface area contributed by atoms with Crippen LogP contribution in [0.2, 0.25) is 0 Å². The molecule has 0 aromatic carbocycles. The predicted molar refractivity (Wildman–Crippen MR) is 59.1 cm³/mol. The van der Waals surface area contributed by atoms with Gasteiger partial charge in [-0.25, -0.2) is 4.98 Å². The molecule has 1 aromatic rings. The summed E-state index contributed by atoms with van der Waals surface area (Å²) in [6.45, 7) is -0.576. The fourth-order valence-electron chi connectivity index (χ4n) is 1.02. The predicted octanol–water partition coefficient (Wildman–Crippen LogP) is 2.82. The molecule has 0 radical (unpaired) electrons. The molecule has 16 heavy (non-hydrogen) atoms. The molecule has 0 aliphatic carbocycles. The van der Waals surface area contributed by atoms with Crippen molar-refractivity contribution in [3.8, 4) is 5.75 Å². The number of nitrogens with zero attached hydrogens (tertiary/aromatic N) is 1. The summed E-state index contributed by atoms with van der Waals surface area (Å²) in [5, 5.41) is 8.94. The Labute approximate surface area is 108 Å². The summed E-state index contributed by atoms with van der Waals surface area (Å²) in [5.41, 5.74) is 0.386. The molecular formula is C8H6ClF3INO2. The molecule has 8 heteroatoms. The maximum atomic E-state index is 12.1. The molecule has 0 saturated heterocycles. The second kappa shape index (κ2) is 5.37. The van der Waals surface area contributed by atoms with E-state index in [0.717, 1.165) is 0 Å². The van der Waals surface area contributed by atoms with Gasteiger partial charge in [-0.1, -0.05) is 0 Å². The standard InChI is InChI=1S/C8H6ClF3INO2/c9-2-5-1-4(3-15)6(7(13)14-5)16-8(10,11)12/h1,15H,2-3H2. The van der Waals surface area contributed by atoms with Gasteiger partial charge in [0.05, 0.1) is 18.2 Å². The number of hydrogen-bond donors (Lipinski definition) is 1. The van der Waals surface area contributed by atoms with Crippen LogP contribution in [0.5, 0.6) is 5.75 Å². The number of pyridine rings is 1. The van der Waals surface area contributed by atoms with E-state index in [0.29, 0.717) is 5.69 Å². The smallest absolute Gasteiger partial charge is 0.403 e. The van der Waals surface area contributed by atoms with Crippen molar-refractivity contribution in [2.75, 3.05) is 0 Å². The Morgan fingerprint density at radius 3 is 2.56 bits per heavy atom. The van der Waals surface area contributed by atoms with Crippen LogP contribution >= 0.6 is 34.2 Å². The van der Waals surface area contributed by atoms with Crippen molar-refractivity contribution in [2.45, 2.75) is 18.8 Å². The number of hydrogen-bond acceptors (Lipinski definition) is 3. The third-order valence-electron chi connectivity index (χ3n) is 1.59. The van der Waals surface area contributed by atoms with E-state index in [2.05, 4.69) is 9.72 Å². The molecule has 0 aliphatic rings. The lowest BCUT2D eigenvalue weighted by molar-refractivity contribution is -0.275. The Balaban J connectivity index is 3.16. The third-order valence-corrected chi connectivity index (χ3v) is 2.59. The minimum atomic E-state index is -4.81. The van der Waals surface area contributed by atoms with Crippen LogP contribution in [0.15, 0.2) is 6.07 Å². The van der Waals surface area contributed by atoms with E-state index in [9.17, 15) is 13.2 Å². The highest BCUT2D eigenvalue weighted by Crippen LogP contribution is 2.31. The number of aliphatic hydroxyl groups is 1. The molecule has 0 amide bonds. The fourth-order valence-corrected chi connectivity index (χ4v) is 1.92. The average Bonchev–Trinajstić information content (AvgIpc) is 2.19. The molecule has 1 rings (SSSR count). The molecule has 1 heterocycles. The van der Waals surface area contributed by atoms with E-state index in [1.54, 1.807) is 22.6 Å². The van der Waals surface area contributed by atoms with E-state index in [-0.39, 0.29) is 15.1 Å². The summed E-state index contributed by atoms with van der Waals surface area (Å²) in [6, 6.07) is 1.27. The second-order valence-corrected chi connectivity index (χ2v) is 4.02. The van der Waals surface area contributed by atoms with E-state index in [4.69, 9.17) is 16.7 Å². The SMILES string of the molecule is OCc1cc(CCl)nc(I)c1OC(F)(F)F. The molecule has 1 aromatic heterocycles. The summed E-state index contributed by atoms with van der Waals surface area (Å²) >= 11 is 7.10. The lowest BCUT2D eigenvalue weighted by Crippen LogP contribution is -2.19. The van der Waals surface area contributed by atoms with Gasteiger partial charge in [0.2, 0.25) is 0 Å². The van der Waals surface area contributed by atoms with Crippen molar-refractivity contribution in [3.05, 3.63) is 21.0 Å². The molecule has 0 unspecified atom stereocenters. The van der Waals surface area contributed by atoms with Crippen molar-refractivity contribution in [1.29, 1.82) is 0 Å². The molecule has 0 spiro atoms. The molecule has 0 saturated carbocycles. The molecule has 0 aliphatic heterocycles. The zero-order valence-electron chi connectivity index (χ0n) is 7.68. The molecular weight excluding hydrogens is 361 g/mol. The van der Waals surface area contributed by atoms with Gasteiger partial charge in [0.25, 0.3) is 0 Å². The van der Waals surface area contributed by atoms with Crippen LogP contribution in [0, 0.1) is 3.70 Å². The summed E-state index contributed by atoms with van der Waals surface area (Å²) in [6.07, 6.45) is -4.81. The molecule has 0 bridgehead atoms. The Hall–Kier alpha value is -0.280. The highest BCUT2D eigenvalue weighted by atomic mass is 127. The quantitative estimate of drug-likeness (QED) is 0.507. The van der Waals surface area contributed by atoms with Gasteiger partial charge in [-0.3, -0.25) is 0 Å². The number of halogens is 5. The fraction of sp³-hybridized carbons (Fsp3) is 0.375. The number of rotatable bonds is 3. The maximum Gasteiger partial charge on any atom is 0.573 e. The first-order valence-corrected chi connectivity index (χ1v) is 5.59. The molecule has 90 valence electrons. The maximum absolute atomic E-state index is 12.1. The van der Waals surface area contributed by atoms with Crippen LogP contribution in [-0.4, -0.2) is 16.5 Å². The van der Waals surface area contributed by atoms with Crippen LogP contribution in [0.25, 0.3) is 0 Å². The number of aliphatic hydroxyl groups excluding tert-OH is 1. The van der Waals surface area contributed by atoms with Crippen LogP contribution in [-0.2, 0) is 12.5 Å². The van der Waals surface area contributed by atoms with Gasteiger partial charge in [-0.05, 0) is 28.7 Å². The average molecular weight is 367 g/mol. The van der Waals surface area contributed by atoms with Gasteiger partial charge >= 0.3 is 6.36 Å². The second-order valence-electron chi connectivity index (χ2n) is 2.73. The van der Waals surface area contributed by atoms with Crippen molar-refractivity contribution in [3.63, 3.8) is 0 Å². The van der Waals surface area contributed by atoms with Crippen LogP contribution < -0.4 is 4.74 Å². The van der Waals surface area contributed by atoms with Gasteiger partial charge in [-0.2, -0.15) is 0 Å². The van der Waals surface area contributed by atoms with Crippen molar-refractivity contribution < 1.29 is 23.0 Å². The first-order chi connectivity index (χ1) is 7.37. The van der Waals surface area contributed by atoms with Gasteiger partial charge in [0.1, 0.15) is 3.70 Å². The van der Waals surface area contributed by atoms with Crippen LogP contribution in [0.3, 0.4) is 0 Å². The lowest BCUT2D eigenvalue weighted by atomic mass is 10.2. The monoisotopic (exact) mass is 367 g/mol. The zero-order chi connectivity index (χ0) is 12.3. The van der Waals surface area contributed by atoms with Crippen molar-refractivity contribution in [1.82, 2.24) is 4.98 Å². The highest BCUT2D eigenvalue weighted by Gasteiger charge is 2.33. The lowest BCUT2D eigenvalue weighted by Gasteiger charge is -2.14. The molecule has 3 nitrogen and oxygen atoms in total. The summed E-state index contributed by atoms with van der Waals surface area (Å²) in [4.78, 5) is 3.80. The van der Waals surface area contributed by atoms with Crippen molar-refractivity contribution in [2.24, 2.45) is 0 Å². The largest absolute Gasteiger partial charge is 0.573 e. The topological polar surface area (TPSA) is 42.4 Å². The number of alkyl halides is 4. The third kappa shape index (κ3) is 3.63. The minimum absolute atomic E-state index is 0.00683. The molecule has 0 atom stereocenters. The van der Waals surface area contributed by atoms with Gasteiger partial charge in [0.15, 0.2) is 5.75 Å². The Morgan fingerprint density at radius 1 is 1.50 bits per heavy atom. The Kier molecular flexibility index (Phi) is 4.62. The zero-order valence-corrected chi connectivity index (χ0v) is 10.6. The van der Waals surface area contributed by atoms with Crippen molar-refractivity contribution >= 4 is 34.2 Å². The minimum Gasteiger partial charge on any atom is -0.403 e. The van der Waals surface area contributed by atoms with Gasteiger partial charge in [-0.15, -0.1) is 24.8 Å². The summed E-state index contributed by atoms with van der Waals surface area (Å²) in [5.74, 6) is -0.431. The Bertz CT molecular complexity index is 386.